The SMILES string of the molecule is COC(=O)c1cc(-c2cc(C)nc(Cl)c2)c(-c2ccc(F)cc2)nc1N. The maximum atomic E-state index is 13.3. The molecule has 26 heavy (non-hydrogen) atoms. The molecule has 0 amide bonds. The summed E-state index contributed by atoms with van der Waals surface area (Å²) < 4.78 is 18.1. The molecule has 0 saturated heterocycles. The fraction of sp³-hybridized carbons (Fsp3) is 0.105. The molecule has 132 valence electrons. The Kier molecular flexibility index (Phi) is 4.86. The van der Waals surface area contributed by atoms with Gasteiger partial charge in [0.05, 0.1) is 12.8 Å². The third-order valence-corrected chi connectivity index (χ3v) is 4.00. The number of hydrogen-bond donors (Lipinski definition) is 1. The lowest BCUT2D eigenvalue weighted by atomic mass is 9.97. The molecule has 2 N–H and O–H groups in total. The van der Waals surface area contributed by atoms with Gasteiger partial charge in [-0.1, -0.05) is 11.6 Å². The van der Waals surface area contributed by atoms with E-state index in [1.54, 1.807) is 31.2 Å². The summed E-state index contributed by atoms with van der Waals surface area (Å²) >= 11 is 6.08. The maximum Gasteiger partial charge on any atom is 0.341 e. The summed E-state index contributed by atoms with van der Waals surface area (Å²) in [6.07, 6.45) is 0. The predicted octanol–water partition coefficient (Wildman–Crippen LogP) is 4.28. The van der Waals surface area contributed by atoms with Crippen molar-refractivity contribution in [1.29, 1.82) is 0 Å². The zero-order valence-electron chi connectivity index (χ0n) is 14.1. The van der Waals surface area contributed by atoms with Crippen molar-refractivity contribution < 1.29 is 13.9 Å². The lowest BCUT2D eigenvalue weighted by Crippen LogP contribution is -2.09. The monoisotopic (exact) mass is 371 g/mol. The Labute approximate surface area is 154 Å². The molecule has 0 aliphatic carbocycles. The van der Waals surface area contributed by atoms with Gasteiger partial charge in [0.15, 0.2) is 0 Å². The second-order valence-electron chi connectivity index (χ2n) is 5.64. The smallest absolute Gasteiger partial charge is 0.341 e. The Balaban J connectivity index is 2.30. The Morgan fingerprint density at radius 1 is 1.12 bits per heavy atom. The van der Waals surface area contributed by atoms with E-state index in [9.17, 15) is 9.18 Å². The molecule has 0 radical (unpaired) electrons. The summed E-state index contributed by atoms with van der Waals surface area (Å²) in [4.78, 5) is 20.5. The van der Waals surface area contributed by atoms with Crippen LogP contribution < -0.4 is 5.73 Å². The van der Waals surface area contributed by atoms with Gasteiger partial charge >= 0.3 is 5.97 Å². The topological polar surface area (TPSA) is 78.1 Å². The maximum absolute atomic E-state index is 13.3. The zero-order valence-corrected chi connectivity index (χ0v) is 14.8. The first-order chi connectivity index (χ1) is 12.4. The second-order valence-corrected chi connectivity index (χ2v) is 6.02. The number of carbonyl (C=O) groups excluding carboxylic acids is 1. The molecule has 0 saturated carbocycles. The first-order valence-corrected chi connectivity index (χ1v) is 8.06. The summed E-state index contributed by atoms with van der Waals surface area (Å²) in [6, 6.07) is 10.9. The van der Waals surface area contributed by atoms with E-state index in [1.807, 2.05) is 6.07 Å². The highest BCUT2D eigenvalue weighted by molar-refractivity contribution is 6.29. The molecule has 0 atom stereocenters. The highest BCUT2D eigenvalue weighted by Gasteiger charge is 2.19. The molecule has 5 nitrogen and oxygen atoms in total. The third-order valence-electron chi connectivity index (χ3n) is 3.81. The number of hydrogen-bond acceptors (Lipinski definition) is 5. The number of halogens is 2. The number of pyridine rings is 2. The van der Waals surface area contributed by atoms with Gasteiger partial charge < -0.3 is 10.5 Å². The van der Waals surface area contributed by atoms with Crippen LogP contribution in [-0.4, -0.2) is 23.0 Å². The number of esters is 1. The minimum absolute atomic E-state index is 0.0248. The Morgan fingerprint density at radius 2 is 1.81 bits per heavy atom. The van der Waals surface area contributed by atoms with E-state index in [1.165, 1.54) is 19.2 Å². The number of carbonyl (C=O) groups is 1. The molecule has 2 heterocycles. The molecule has 7 heteroatoms. The summed E-state index contributed by atoms with van der Waals surface area (Å²) in [5.74, 6) is -0.937. The zero-order chi connectivity index (χ0) is 18.8. The molecule has 0 fully saturated rings. The van der Waals surface area contributed by atoms with E-state index < -0.39 is 5.97 Å². The van der Waals surface area contributed by atoms with Crippen molar-refractivity contribution in [3.05, 3.63) is 64.7 Å². The Bertz CT molecular complexity index is 971. The summed E-state index contributed by atoms with van der Waals surface area (Å²) in [5, 5.41) is 0.307. The van der Waals surface area contributed by atoms with Crippen molar-refractivity contribution in [2.24, 2.45) is 0 Å². The van der Waals surface area contributed by atoms with Crippen LogP contribution in [-0.2, 0) is 4.74 Å². The fourth-order valence-corrected chi connectivity index (χ4v) is 2.88. The quantitative estimate of drug-likeness (QED) is 0.549. The summed E-state index contributed by atoms with van der Waals surface area (Å²) in [5.41, 5.74) is 9.25. The van der Waals surface area contributed by atoms with Crippen LogP contribution >= 0.6 is 11.6 Å². The van der Waals surface area contributed by atoms with Gasteiger partial charge in [-0.15, -0.1) is 0 Å². The van der Waals surface area contributed by atoms with E-state index in [0.717, 1.165) is 0 Å². The normalized spacial score (nSPS) is 10.6. The van der Waals surface area contributed by atoms with Crippen LogP contribution in [0.15, 0.2) is 42.5 Å². The van der Waals surface area contributed by atoms with Gasteiger partial charge in [0.2, 0.25) is 0 Å². The fourth-order valence-electron chi connectivity index (χ4n) is 2.63. The number of anilines is 1. The molecule has 3 aromatic rings. The standard InChI is InChI=1S/C19H15ClFN3O2/c1-10-7-12(8-16(20)23-10)14-9-15(19(25)26-2)18(22)24-17(14)11-3-5-13(21)6-4-11/h3-9H,1-2H3,(H2,22,24). The van der Waals surface area contributed by atoms with Gasteiger partial charge in [-0.25, -0.2) is 19.2 Å². The van der Waals surface area contributed by atoms with Crippen LogP contribution in [0.2, 0.25) is 5.15 Å². The van der Waals surface area contributed by atoms with Crippen molar-refractivity contribution in [2.45, 2.75) is 6.92 Å². The molecule has 1 aromatic carbocycles. The van der Waals surface area contributed by atoms with Crippen LogP contribution in [0.25, 0.3) is 22.4 Å². The van der Waals surface area contributed by atoms with Crippen molar-refractivity contribution in [1.82, 2.24) is 9.97 Å². The van der Waals surface area contributed by atoms with Gasteiger partial charge in [0.25, 0.3) is 0 Å². The third kappa shape index (κ3) is 3.50. The molecule has 2 aromatic heterocycles. The number of benzene rings is 1. The first-order valence-electron chi connectivity index (χ1n) is 7.68. The van der Waals surface area contributed by atoms with E-state index >= 15 is 0 Å². The van der Waals surface area contributed by atoms with Crippen molar-refractivity contribution in [2.75, 3.05) is 12.8 Å². The number of nitrogens with two attached hydrogens (primary N) is 1. The van der Waals surface area contributed by atoms with Gasteiger partial charge in [-0.2, -0.15) is 0 Å². The molecule has 3 rings (SSSR count). The largest absolute Gasteiger partial charge is 0.465 e. The summed E-state index contributed by atoms with van der Waals surface area (Å²) in [7, 11) is 1.27. The molecule has 0 spiro atoms. The lowest BCUT2D eigenvalue weighted by Gasteiger charge is -2.14. The number of aromatic nitrogens is 2. The lowest BCUT2D eigenvalue weighted by molar-refractivity contribution is 0.0601. The molecule has 0 bridgehead atoms. The number of aryl methyl sites for hydroxylation is 1. The number of ether oxygens (including phenoxy) is 1. The van der Waals surface area contributed by atoms with Gasteiger partial charge in [-0.05, 0) is 55.0 Å². The van der Waals surface area contributed by atoms with E-state index in [2.05, 4.69) is 9.97 Å². The van der Waals surface area contributed by atoms with Crippen LogP contribution in [0.4, 0.5) is 10.2 Å². The molecular weight excluding hydrogens is 357 g/mol. The van der Waals surface area contributed by atoms with E-state index in [4.69, 9.17) is 22.1 Å². The second kappa shape index (κ2) is 7.09. The molecule has 0 unspecified atom stereocenters. The van der Waals surface area contributed by atoms with Crippen LogP contribution in [0, 0.1) is 12.7 Å². The number of nitrogen functional groups attached to an aromatic ring is 1. The average Bonchev–Trinajstić information content (AvgIpc) is 2.60. The van der Waals surface area contributed by atoms with Gasteiger partial charge in [0, 0.05) is 16.8 Å². The molecule has 0 aliphatic rings. The van der Waals surface area contributed by atoms with Crippen molar-refractivity contribution in [3.8, 4) is 22.4 Å². The highest BCUT2D eigenvalue weighted by Crippen LogP contribution is 2.34. The van der Waals surface area contributed by atoms with Crippen molar-refractivity contribution in [3.63, 3.8) is 0 Å². The van der Waals surface area contributed by atoms with Gasteiger partial charge in [-0.3, -0.25) is 0 Å². The van der Waals surface area contributed by atoms with Crippen LogP contribution in [0.1, 0.15) is 16.1 Å². The van der Waals surface area contributed by atoms with Crippen molar-refractivity contribution >= 4 is 23.4 Å². The van der Waals surface area contributed by atoms with E-state index in [0.29, 0.717) is 33.2 Å². The number of nitrogens with zero attached hydrogens (tertiary/aromatic N) is 2. The predicted molar refractivity (Wildman–Crippen MR) is 98.4 cm³/mol. The molecule has 0 aliphatic heterocycles. The average molecular weight is 372 g/mol. The minimum atomic E-state index is -0.598. The van der Waals surface area contributed by atoms with Gasteiger partial charge in [0.1, 0.15) is 22.4 Å². The number of rotatable bonds is 3. The molecular formula is C19H15ClFN3O2. The minimum Gasteiger partial charge on any atom is -0.465 e. The van der Waals surface area contributed by atoms with Crippen LogP contribution in [0.5, 0.6) is 0 Å². The van der Waals surface area contributed by atoms with Crippen LogP contribution in [0.3, 0.4) is 0 Å². The van der Waals surface area contributed by atoms with E-state index in [-0.39, 0.29) is 17.2 Å². The first kappa shape index (κ1) is 17.8. The summed E-state index contributed by atoms with van der Waals surface area (Å²) in [6.45, 7) is 1.80. The highest BCUT2D eigenvalue weighted by atomic mass is 35.5. The Hall–Kier alpha value is -2.99. The number of methoxy groups -OCH3 is 1. The Morgan fingerprint density at radius 3 is 2.42 bits per heavy atom.